The van der Waals surface area contributed by atoms with Crippen LogP contribution in [-0.4, -0.2) is 18.1 Å². The Morgan fingerprint density at radius 1 is 0.920 bits per heavy atom. The van der Waals surface area contributed by atoms with Crippen LogP contribution < -0.4 is 10.1 Å². The fourth-order valence-corrected chi connectivity index (χ4v) is 2.36. The molecule has 1 radical (unpaired) electrons. The molecule has 0 saturated carbocycles. The number of aromatic nitrogens is 1. The topological polar surface area (TPSA) is 34.1 Å². The summed E-state index contributed by atoms with van der Waals surface area (Å²) in [7, 11) is 0. The lowest BCUT2D eigenvalue weighted by molar-refractivity contribution is 0.315. The van der Waals surface area contributed by atoms with Crippen LogP contribution in [0.1, 0.15) is 17.5 Å². The Bertz CT molecular complexity index is 758. The molecule has 0 saturated heterocycles. The van der Waals surface area contributed by atoms with Crippen LogP contribution in [0.4, 0.5) is 10.2 Å². The van der Waals surface area contributed by atoms with Crippen LogP contribution in [0.25, 0.3) is 0 Å². The number of hydrogen-bond donors (Lipinski definition) is 1. The molecule has 1 N–H and O–H groups in total. The highest BCUT2D eigenvalue weighted by Crippen LogP contribution is 2.17. The van der Waals surface area contributed by atoms with Crippen LogP contribution in [0, 0.1) is 12.2 Å². The summed E-state index contributed by atoms with van der Waals surface area (Å²) in [6.45, 7) is 1.45. The van der Waals surface area contributed by atoms with Gasteiger partial charge in [0.25, 0.3) is 0 Å². The summed E-state index contributed by atoms with van der Waals surface area (Å²) in [6, 6.07) is 20.1. The van der Waals surface area contributed by atoms with E-state index in [0.29, 0.717) is 6.61 Å². The zero-order chi connectivity index (χ0) is 17.3. The van der Waals surface area contributed by atoms with Gasteiger partial charge in [0.15, 0.2) is 0 Å². The number of nitrogens with one attached hydrogen (secondary N) is 1. The van der Waals surface area contributed by atoms with Crippen LogP contribution in [0.2, 0.25) is 0 Å². The van der Waals surface area contributed by atoms with Gasteiger partial charge < -0.3 is 10.1 Å². The van der Waals surface area contributed by atoms with Gasteiger partial charge in [0.1, 0.15) is 17.4 Å². The van der Waals surface area contributed by atoms with Gasteiger partial charge in [-0.3, -0.25) is 0 Å². The fraction of sp³-hybridized carbons (Fsp3) is 0.143. The fourth-order valence-electron chi connectivity index (χ4n) is 2.36. The Morgan fingerprint density at radius 3 is 2.32 bits per heavy atom. The van der Waals surface area contributed by atoms with E-state index in [9.17, 15) is 4.39 Å². The number of halogens is 1. The van der Waals surface area contributed by atoms with Gasteiger partial charge in [0, 0.05) is 19.2 Å². The predicted octanol–water partition coefficient (Wildman–Crippen LogP) is 4.70. The molecule has 3 aromatic rings. The molecule has 3 rings (SSSR count). The molecule has 0 aliphatic rings. The van der Waals surface area contributed by atoms with Crippen molar-refractivity contribution in [3.63, 3.8) is 0 Å². The maximum Gasteiger partial charge on any atom is 0.125 e. The van der Waals surface area contributed by atoms with Crippen molar-refractivity contribution in [2.75, 3.05) is 18.5 Å². The van der Waals surface area contributed by atoms with E-state index in [2.05, 4.69) is 10.3 Å². The van der Waals surface area contributed by atoms with E-state index in [1.54, 1.807) is 18.3 Å². The molecule has 0 bridgehead atoms. The van der Waals surface area contributed by atoms with E-state index in [4.69, 9.17) is 4.74 Å². The molecule has 0 aliphatic carbocycles. The normalized spacial score (nSPS) is 10.4. The molecule has 1 heterocycles. The quantitative estimate of drug-likeness (QED) is 0.606. The first-order valence-corrected chi connectivity index (χ1v) is 8.28. The van der Waals surface area contributed by atoms with E-state index < -0.39 is 0 Å². The highest BCUT2D eigenvalue weighted by molar-refractivity contribution is 5.39. The van der Waals surface area contributed by atoms with E-state index in [0.717, 1.165) is 35.7 Å². The van der Waals surface area contributed by atoms with Gasteiger partial charge in [-0.25, -0.2) is 9.37 Å². The van der Waals surface area contributed by atoms with Crippen molar-refractivity contribution >= 4 is 5.82 Å². The lowest BCUT2D eigenvalue weighted by atomic mass is 10.1. The second-order valence-corrected chi connectivity index (χ2v) is 5.61. The predicted molar refractivity (Wildman–Crippen MR) is 98.2 cm³/mol. The third kappa shape index (κ3) is 5.60. The Kier molecular flexibility index (Phi) is 5.99. The number of ether oxygens (including phenoxy) is 1. The van der Waals surface area contributed by atoms with E-state index >= 15 is 0 Å². The average Bonchev–Trinajstić information content (AvgIpc) is 2.65. The van der Waals surface area contributed by atoms with Gasteiger partial charge in [-0.05, 0) is 53.9 Å². The molecule has 0 atom stereocenters. The Balaban J connectivity index is 1.39. The lowest BCUT2D eigenvalue weighted by Gasteiger charge is -2.08. The maximum atomic E-state index is 12.9. The summed E-state index contributed by atoms with van der Waals surface area (Å²) in [5, 5.41) is 3.25. The number of rotatable bonds is 8. The molecule has 1 aromatic heterocycles. The largest absolute Gasteiger partial charge is 0.494 e. The van der Waals surface area contributed by atoms with Crippen molar-refractivity contribution in [2.45, 2.75) is 6.42 Å². The van der Waals surface area contributed by atoms with E-state index in [1.807, 2.05) is 48.9 Å². The number of pyridine rings is 1. The smallest absolute Gasteiger partial charge is 0.125 e. The summed E-state index contributed by atoms with van der Waals surface area (Å²) in [5.74, 6) is 1.50. The zero-order valence-electron chi connectivity index (χ0n) is 13.9. The summed E-state index contributed by atoms with van der Waals surface area (Å²) in [6.07, 6.45) is 4.66. The van der Waals surface area contributed by atoms with Crippen LogP contribution in [0.15, 0.2) is 72.9 Å². The summed E-state index contributed by atoms with van der Waals surface area (Å²) in [5.41, 5.74) is 2.02. The molecule has 3 nitrogen and oxygen atoms in total. The standard InChI is InChI=1S/C21H20FN2O/c22-19-9-5-17(6-10-19)16-18-7-11-20(12-8-18)25-15-3-14-24-21-4-1-2-13-23-21/h1-2,4-13,16H,3,14-15H2,(H,23,24). The molecule has 0 amide bonds. The molecule has 0 fully saturated rings. The highest BCUT2D eigenvalue weighted by Gasteiger charge is 2.00. The van der Waals surface area contributed by atoms with Crippen LogP contribution in [0.5, 0.6) is 5.75 Å². The van der Waals surface area contributed by atoms with Gasteiger partial charge in [-0.1, -0.05) is 30.3 Å². The first-order chi connectivity index (χ1) is 12.3. The number of benzene rings is 2. The second-order valence-electron chi connectivity index (χ2n) is 5.61. The first-order valence-electron chi connectivity index (χ1n) is 8.28. The first kappa shape index (κ1) is 17.0. The van der Waals surface area contributed by atoms with E-state index in [1.165, 1.54) is 12.1 Å². The van der Waals surface area contributed by atoms with Crippen molar-refractivity contribution in [2.24, 2.45) is 0 Å². The zero-order valence-corrected chi connectivity index (χ0v) is 13.9. The molecule has 127 valence electrons. The van der Waals surface area contributed by atoms with Crippen molar-refractivity contribution in [1.82, 2.24) is 4.98 Å². The molecule has 0 unspecified atom stereocenters. The molecule has 25 heavy (non-hydrogen) atoms. The Hall–Kier alpha value is -2.88. The second kappa shape index (κ2) is 8.83. The minimum Gasteiger partial charge on any atom is -0.494 e. The van der Waals surface area contributed by atoms with Gasteiger partial charge in [-0.15, -0.1) is 0 Å². The summed E-state index contributed by atoms with van der Waals surface area (Å²) in [4.78, 5) is 4.21. The molecule has 0 spiro atoms. The SMILES string of the molecule is Fc1ccc([CH]c2ccc(OCCCNc3ccccn3)cc2)cc1. The third-order valence-corrected chi connectivity index (χ3v) is 3.64. The number of nitrogens with zero attached hydrogens (tertiary/aromatic N) is 1. The summed E-state index contributed by atoms with van der Waals surface area (Å²) >= 11 is 0. The monoisotopic (exact) mass is 335 g/mol. The molecule has 4 heteroatoms. The van der Waals surface area contributed by atoms with Crippen LogP contribution in [0.3, 0.4) is 0 Å². The Labute approximate surface area is 147 Å². The van der Waals surface area contributed by atoms with Gasteiger partial charge in [0.05, 0.1) is 6.61 Å². The Morgan fingerprint density at radius 2 is 1.64 bits per heavy atom. The average molecular weight is 335 g/mol. The molecular weight excluding hydrogens is 315 g/mol. The number of hydrogen-bond acceptors (Lipinski definition) is 3. The van der Waals surface area contributed by atoms with Gasteiger partial charge >= 0.3 is 0 Å². The van der Waals surface area contributed by atoms with Gasteiger partial charge in [0.2, 0.25) is 0 Å². The lowest BCUT2D eigenvalue weighted by Crippen LogP contribution is -2.08. The number of anilines is 1. The van der Waals surface area contributed by atoms with Crippen LogP contribution >= 0.6 is 0 Å². The van der Waals surface area contributed by atoms with Gasteiger partial charge in [-0.2, -0.15) is 0 Å². The van der Waals surface area contributed by atoms with Crippen molar-refractivity contribution in [3.05, 3.63) is 96.3 Å². The summed E-state index contributed by atoms with van der Waals surface area (Å²) < 4.78 is 18.7. The van der Waals surface area contributed by atoms with E-state index in [-0.39, 0.29) is 5.82 Å². The molecular formula is C21H20FN2O. The molecule has 0 aliphatic heterocycles. The van der Waals surface area contributed by atoms with Crippen molar-refractivity contribution in [3.8, 4) is 5.75 Å². The van der Waals surface area contributed by atoms with Crippen molar-refractivity contribution < 1.29 is 9.13 Å². The van der Waals surface area contributed by atoms with Crippen molar-refractivity contribution in [1.29, 1.82) is 0 Å². The highest BCUT2D eigenvalue weighted by atomic mass is 19.1. The molecule has 2 aromatic carbocycles. The minimum absolute atomic E-state index is 0.224. The maximum absolute atomic E-state index is 12.9. The minimum atomic E-state index is -0.224. The third-order valence-electron chi connectivity index (χ3n) is 3.64. The van der Waals surface area contributed by atoms with Crippen LogP contribution in [-0.2, 0) is 0 Å².